The fourth-order valence-electron chi connectivity index (χ4n) is 4.86. The zero-order chi connectivity index (χ0) is 26.3. The van der Waals surface area contributed by atoms with Crippen LogP contribution < -0.4 is 10.1 Å². The van der Waals surface area contributed by atoms with Gasteiger partial charge in [-0.2, -0.15) is 4.36 Å². The van der Waals surface area contributed by atoms with Gasteiger partial charge in [-0.1, -0.05) is 6.07 Å². The minimum absolute atomic E-state index is 0.00789. The van der Waals surface area contributed by atoms with Gasteiger partial charge in [0.25, 0.3) is 0 Å². The molecule has 2 aliphatic heterocycles. The molecule has 1 unspecified atom stereocenters. The lowest BCUT2D eigenvalue weighted by Gasteiger charge is -2.21. The largest absolute Gasteiger partial charge is 0.483 e. The Balaban J connectivity index is 1.33. The van der Waals surface area contributed by atoms with Crippen molar-refractivity contribution in [3.8, 4) is 5.75 Å². The third-order valence-corrected chi connectivity index (χ3v) is 8.20. The number of halogens is 1. The van der Waals surface area contributed by atoms with E-state index in [1.165, 1.54) is 18.5 Å². The number of hydrogen-bond donors (Lipinski definition) is 1. The summed E-state index contributed by atoms with van der Waals surface area (Å²) in [5, 5.41) is 4.46. The molecular formula is C27H26FN5O4S. The van der Waals surface area contributed by atoms with E-state index >= 15 is 0 Å². The van der Waals surface area contributed by atoms with Crippen molar-refractivity contribution in [3.63, 3.8) is 0 Å². The second-order valence-corrected chi connectivity index (χ2v) is 11.6. The molecule has 0 spiro atoms. The normalized spacial score (nSPS) is 22.1. The SMILES string of the molecule is Cc1cc(N=S(C)(=O)c2ccccn2)cc2ncnc(Nc3ccc(F)cc3O[C@@H]3CO[C@@H]4CCO[C@@H]43)c12. The van der Waals surface area contributed by atoms with Gasteiger partial charge in [0, 0.05) is 30.5 Å². The Kier molecular flexibility index (Phi) is 6.42. The molecule has 2 saturated heterocycles. The lowest BCUT2D eigenvalue weighted by Crippen LogP contribution is -2.32. The van der Waals surface area contributed by atoms with Crippen molar-refractivity contribution in [3.05, 3.63) is 72.4 Å². The Morgan fingerprint density at radius 3 is 2.87 bits per heavy atom. The predicted molar refractivity (Wildman–Crippen MR) is 141 cm³/mol. The first-order valence-corrected chi connectivity index (χ1v) is 14.1. The number of nitrogens with one attached hydrogen (secondary N) is 1. The standard InChI is InChI=1S/C27H26FN5O4S/c1-16-11-18(33-38(2,34)24-5-3-4-9-29-24)13-20-25(16)27(31-15-30-20)32-19-7-6-17(28)12-22(19)37-23-14-36-21-8-10-35-26(21)23/h3-7,9,11-13,15,21,23,26H,8,10,14H2,1-2H3,(H,30,31,32)/t21-,23-,26+,38?/m1/s1. The van der Waals surface area contributed by atoms with Crippen LogP contribution in [-0.2, 0) is 19.2 Å². The van der Waals surface area contributed by atoms with Crippen LogP contribution in [0.5, 0.6) is 5.75 Å². The van der Waals surface area contributed by atoms with Gasteiger partial charge in [-0.3, -0.25) is 0 Å². The van der Waals surface area contributed by atoms with Gasteiger partial charge in [-0.15, -0.1) is 0 Å². The molecule has 4 aromatic rings. The van der Waals surface area contributed by atoms with Crippen LogP contribution in [0, 0.1) is 12.7 Å². The van der Waals surface area contributed by atoms with E-state index in [1.807, 2.05) is 13.0 Å². The summed E-state index contributed by atoms with van der Waals surface area (Å²) in [5.41, 5.74) is 2.52. The number of rotatable bonds is 6. The second-order valence-electron chi connectivity index (χ2n) is 9.36. The summed E-state index contributed by atoms with van der Waals surface area (Å²) >= 11 is 0. The number of anilines is 2. The number of benzene rings is 2. The van der Waals surface area contributed by atoms with Gasteiger partial charge in [0.15, 0.2) is 6.10 Å². The summed E-state index contributed by atoms with van der Waals surface area (Å²) in [5.74, 6) is 0.446. The first kappa shape index (κ1) is 24.7. The fourth-order valence-corrected chi connectivity index (χ4v) is 6.05. The third kappa shape index (κ3) is 4.80. The Morgan fingerprint density at radius 1 is 1.13 bits per heavy atom. The topological polar surface area (TPSA) is 108 Å². The molecule has 0 bridgehead atoms. The lowest BCUT2D eigenvalue weighted by molar-refractivity contribution is 0.0310. The highest BCUT2D eigenvalue weighted by Gasteiger charge is 2.43. The van der Waals surface area contributed by atoms with E-state index in [1.54, 1.807) is 42.8 Å². The average molecular weight is 536 g/mol. The maximum Gasteiger partial charge on any atom is 0.151 e. The first-order valence-electron chi connectivity index (χ1n) is 12.2. The van der Waals surface area contributed by atoms with Crippen LogP contribution in [0.4, 0.5) is 21.6 Å². The van der Waals surface area contributed by atoms with E-state index in [2.05, 4.69) is 24.6 Å². The number of ether oxygens (including phenoxy) is 3. The summed E-state index contributed by atoms with van der Waals surface area (Å²) in [6, 6.07) is 13.1. The second kappa shape index (κ2) is 9.90. The van der Waals surface area contributed by atoms with Crippen molar-refractivity contribution < 1.29 is 22.8 Å². The molecule has 0 aliphatic carbocycles. The third-order valence-electron chi connectivity index (χ3n) is 6.62. The Labute approximate surface area is 219 Å². The summed E-state index contributed by atoms with van der Waals surface area (Å²) in [4.78, 5) is 13.1. The van der Waals surface area contributed by atoms with Crippen molar-refractivity contribution in [1.29, 1.82) is 0 Å². The van der Waals surface area contributed by atoms with Crippen LogP contribution in [0.2, 0.25) is 0 Å². The smallest absolute Gasteiger partial charge is 0.151 e. The highest BCUT2D eigenvalue weighted by atomic mass is 32.2. The zero-order valence-electron chi connectivity index (χ0n) is 20.8. The molecule has 2 aromatic heterocycles. The van der Waals surface area contributed by atoms with E-state index in [0.29, 0.717) is 46.7 Å². The molecule has 4 atom stereocenters. The summed E-state index contributed by atoms with van der Waals surface area (Å²) < 4.78 is 49.7. The molecule has 1 N–H and O–H groups in total. The minimum atomic E-state index is -2.75. The van der Waals surface area contributed by atoms with E-state index in [-0.39, 0.29) is 18.3 Å². The van der Waals surface area contributed by atoms with Gasteiger partial charge < -0.3 is 19.5 Å². The Morgan fingerprint density at radius 2 is 2.03 bits per heavy atom. The number of fused-ring (bicyclic) bond motifs is 2. The summed E-state index contributed by atoms with van der Waals surface area (Å²) in [7, 11) is -2.75. The fraction of sp³-hybridized carbons (Fsp3) is 0.296. The number of nitrogens with zero attached hydrogens (tertiary/aromatic N) is 4. The van der Waals surface area contributed by atoms with Crippen molar-refractivity contribution in [2.24, 2.45) is 4.36 Å². The molecular weight excluding hydrogens is 509 g/mol. The molecule has 2 aromatic carbocycles. The average Bonchev–Trinajstić information content (AvgIpc) is 3.51. The summed E-state index contributed by atoms with van der Waals surface area (Å²) in [6.45, 7) is 2.91. The highest BCUT2D eigenvalue weighted by molar-refractivity contribution is 7.93. The number of hydrogen-bond acceptors (Lipinski definition) is 9. The molecule has 2 fully saturated rings. The van der Waals surface area contributed by atoms with Crippen LogP contribution in [0.15, 0.2) is 70.4 Å². The van der Waals surface area contributed by atoms with Gasteiger partial charge in [0.1, 0.15) is 34.8 Å². The monoisotopic (exact) mass is 535 g/mol. The molecule has 0 saturated carbocycles. The molecule has 6 rings (SSSR count). The molecule has 4 heterocycles. The van der Waals surface area contributed by atoms with E-state index < -0.39 is 15.5 Å². The van der Waals surface area contributed by atoms with Gasteiger partial charge >= 0.3 is 0 Å². The van der Waals surface area contributed by atoms with Crippen LogP contribution in [0.1, 0.15) is 12.0 Å². The van der Waals surface area contributed by atoms with E-state index in [9.17, 15) is 8.60 Å². The van der Waals surface area contributed by atoms with Crippen molar-refractivity contribution in [2.75, 3.05) is 24.8 Å². The highest BCUT2D eigenvalue weighted by Crippen LogP contribution is 2.36. The zero-order valence-corrected chi connectivity index (χ0v) is 21.7. The molecule has 0 radical (unpaired) electrons. The van der Waals surface area contributed by atoms with Gasteiger partial charge in [-0.05, 0) is 55.3 Å². The maximum atomic E-state index is 14.2. The quantitative estimate of drug-likeness (QED) is 0.370. The molecule has 2 aliphatic rings. The van der Waals surface area contributed by atoms with Crippen LogP contribution in [0.3, 0.4) is 0 Å². The lowest BCUT2D eigenvalue weighted by atomic mass is 10.1. The van der Waals surface area contributed by atoms with Crippen LogP contribution in [-0.4, -0.2) is 56.9 Å². The Hall–Kier alpha value is -3.67. The van der Waals surface area contributed by atoms with Crippen molar-refractivity contribution in [1.82, 2.24) is 15.0 Å². The molecule has 196 valence electrons. The summed E-state index contributed by atoms with van der Waals surface area (Å²) in [6.07, 6.45) is 4.92. The van der Waals surface area contributed by atoms with E-state index in [4.69, 9.17) is 14.2 Å². The van der Waals surface area contributed by atoms with Crippen LogP contribution in [0.25, 0.3) is 10.9 Å². The molecule has 11 heteroatoms. The van der Waals surface area contributed by atoms with Gasteiger partial charge in [-0.25, -0.2) is 23.6 Å². The number of aryl methyl sites for hydroxylation is 1. The van der Waals surface area contributed by atoms with Gasteiger partial charge in [0.2, 0.25) is 0 Å². The Bertz CT molecular complexity index is 1630. The molecule has 0 amide bonds. The van der Waals surface area contributed by atoms with Crippen LogP contribution >= 0.6 is 0 Å². The predicted octanol–water partition coefficient (Wildman–Crippen LogP) is 4.94. The molecule has 38 heavy (non-hydrogen) atoms. The van der Waals surface area contributed by atoms with Crippen molar-refractivity contribution in [2.45, 2.75) is 36.7 Å². The number of aromatic nitrogens is 3. The van der Waals surface area contributed by atoms with Crippen molar-refractivity contribution >= 4 is 37.8 Å². The first-order chi connectivity index (χ1) is 18.4. The number of pyridine rings is 1. The maximum absolute atomic E-state index is 14.2. The molecule has 9 nitrogen and oxygen atoms in total. The van der Waals surface area contributed by atoms with Gasteiger partial charge in [0.05, 0.1) is 39.3 Å². The minimum Gasteiger partial charge on any atom is -0.483 e. The van der Waals surface area contributed by atoms with E-state index in [0.717, 1.165) is 17.4 Å².